The van der Waals surface area contributed by atoms with E-state index in [4.69, 9.17) is 0 Å². The number of thioether (sulfide) groups is 1. The molecule has 0 amide bonds. The normalized spacial score (nSPS) is 17.9. The molecule has 1 aliphatic heterocycles. The third kappa shape index (κ3) is 2.91. The first-order valence-corrected chi connectivity index (χ1v) is 6.91. The molecule has 1 aromatic heterocycles. The van der Waals surface area contributed by atoms with Gasteiger partial charge in [-0.05, 0) is 30.8 Å². The molecule has 84 valence electrons. The number of aryl methyl sites for hydroxylation is 1. The fourth-order valence-corrected chi connectivity index (χ4v) is 3.00. The van der Waals surface area contributed by atoms with E-state index in [0.29, 0.717) is 6.04 Å². The van der Waals surface area contributed by atoms with E-state index in [9.17, 15) is 0 Å². The Balaban J connectivity index is 1.93. The number of hydrogen-bond acceptors (Lipinski definition) is 3. The molecule has 4 heteroatoms. The summed E-state index contributed by atoms with van der Waals surface area (Å²) in [5.41, 5.74) is 0. The Morgan fingerprint density at radius 1 is 1.53 bits per heavy atom. The van der Waals surface area contributed by atoms with E-state index >= 15 is 0 Å². The highest BCUT2D eigenvalue weighted by molar-refractivity contribution is 7.99. The maximum atomic E-state index is 4.37. The van der Waals surface area contributed by atoms with Gasteiger partial charge in [0.1, 0.15) is 0 Å². The van der Waals surface area contributed by atoms with Crippen LogP contribution in [0.15, 0.2) is 12.4 Å². The summed E-state index contributed by atoms with van der Waals surface area (Å²) in [6, 6.07) is 0.629. The van der Waals surface area contributed by atoms with Crippen LogP contribution in [-0.2, 0) is 6.54 Å². The van der Waals surface area contributed by atoms with Crippen molar-refractivity contribution in [1.29, 1.82) is 0 Å². The Kier molecular flexibility index (Phi) is 3.94. The highest BCUT2D eigenvalue weighted by Crippen LogP contribution is 2.20. The molecule has 0 unspecified atom stereocenters. The summed E-state index contributed by atoms with van der Waals surface area (Å²) in [4.78, 5) is 4.37. The molecule has 0 bridgehead atoms. The number of nitrogens with one attached hydrogen (secondary N) is 1. The largest absolute Gasteiger partial charge is 0.353 e. The quantitative estimate of drug-likeness (QED) is 0.854. The molecule has 2 rings (SSSR count). The number of aromatic nitrogens is 2. The summed E-state index contributed by atoms with van der Waals surface area (Å²) >= 11 is 2.06. The fourth-order valence-electron chi connectivity index (χ4n) is 1.90. The van der Waals surface area contributed by atoms with Crippen LogP contribution in [-0.4, -0.2) is 27.1 Å². The van der Waals surface area contributed by atoms with Crippen molar-refractivity contribution in [3.05, 3.63) is 12.4 Å². The van der Waals surface area contributed by atoms with Crippen LogP contribution in [0.25, 0.3) is 0 Å². The first-order valence-electron chi connectivity index (χ1n) is 5.75. The smallest absolute Gasteiger partial charge is 0.202 e. The summed E-state index contributed by atoms with van der Waals surface area (Å²) in [6.45, 7) is 3.25. The topological polar surface area (TPSA) is 29.9 Å². The van der Waals surface area contributed by atoms with Crippen LogP contribution in [0, 0.1) is 0 Å². The zero-order valence-electron chi connectivity index (χ0n) is 9.28. The molecule has 0 aliphatic carbocycles. The van der Waals surface area contributed by atoms with Gasteiger partial charge in [0.2, 0.25) is 5.95 Å². The number of rotatable bonds is 4. The Bertz CT molecular complexity index is 292. The van der Waals surface area contributed by atoms with Crippen LogP contribution in [0.5, 0.6) is 0 Å². The highest BCUT2D eigenvalue weighted by atomic mass is 32.2. The molecule has 0 atom stereocenters. The molecule has 15 heavy (non-hydrogen) atoms. The second-order valence-electron chi connectivity index (χ2n) is 3.98. The van der Waals surface area contributed by atoms with Gasteiger partial charge in [-0.25, -0.2) is 4.98 Å². The molecule has 0 spiro atoms. The molecule has 0 aromatic carbocycles. The lowest BCUT2D eigenvalue weighted by Crippen LogP contribution is -2.26. The van der Waals surface area contributed by atoms with E-state index in [1.54, 1.807) is 0 Å². The molecular weight excluding hydrogens is 206 g/mol. The molecule has 1 aliphatic rings. The molecule has 0 saturated carbocycles. The average Bonchev–Trinajstić information content (AvgIpc) is 2.68. The summed E-state index contributed by atoms with van der Waals surface area (Å²) in [5.74, 6) is 3.62. The third-order valence-electron chi connectivity index (χ3n) is 2.73. The lowest BCUT2D eigenvalue weighted by molar-refractivity contribution is 0.631. The molecule has 0 radical (unpaired) electrons. The zero-order chi connectivity index (χ0) is 10.5. The van der Waals surface area contributed by atoms with Crippen LogP contribution in [0.1, 0.15) is 26.2 Å². The van der Waals surface area contributed by atoms with E-state index in [1.165, 1.54) is 24.3 Å². The van der Waals surface area contributed by atoms with Gasteiger partial charge in [-0.1, -0.05) is 6.92 Å². The van der Waals surface area contributed by atoms with Crippen LogP contribution in [0.3, 0.4) is 0 Å². The van der Waals surface area contributed by atoms with Crippen molar-refractivity contribution in [1.82, 2.24) is 9.55 Å². The van der Waals surface area contributed by atoms with Crippen LogP contribution in [0.4, 0.5) is 5.95 Å². The molecule has 1 fully saturated rings. The minimum absolute atomic E-state index is 0.629. The maximum Gasteiger partial charge on any atom is 0.202 e. The van der Waals surface area contributed by atoms with E-state index in [-0.39, 0.29) is 0 Å². The molecule has 1 aromatic rings. The highest BCUT2D eigenvalue weighted by Gasteiger charge is 2.14. The van der Waals surface area contributed by atoms with Crippen molar-refractivity contribution in [3.8, 4) is 0 Å². The second-order valence-corrected chi connectivity index (χ2v) is 5.20. The van der Waals surface area contributed by atoms with Crippen molar-refractivity contribution < 1.29 is 0 Å². The number of nitrogens with zero attached hydrogens (tertiary/aromatic N) is 2. The Morgan fingerprint density at radius 2 is 2.33 bits per heavy atom. The third-order valence-corrected chi connectivity index (χ3v) is 3.78. The molecule has 2 heterocycles. The second kappa shape index (κ2) is 5.45. The zero-order valence-corrected chi connectivity index (χ0v) is 10.1. The minimum atomic E-state index is 0.629. The predicted molar refractivity (Wildman–Crippen MR) is 66.5 cm³/mol. The maximum absolute atomic E-state index is 4.37. The fraction of sp³-hybridized carbons (Fsp3) is 0.727. The van der Waals surface area contributed by atoms with Crippen LogP contribution >= 0.6 is 11.8 Å². The minimum Gasteiger partial charge on any atom is -0.353 e. The average molecular weight is 225 g/mol. The van der Waals surface area contributed by atoms with Gasteiger partial charge in [0.25, 0.3) is 0 Å². The van der Waals surface area contributed by atoms with Crippen molar-refractivity contribution in [2.24, 2.45) is 0 Å². The lowest BCUT2D eigenvalue weighted by atomic mass is 10.2. The SMILES string of the molecule is CCCn1ccnc1NC1CCSCC1. The summed E-state index contributed by atoms with van der Waals surface area (Å²) in [7, 11) is 0. The molecular formula is C11H19N3S. The van der Waals surface area contributed by atoms with E-state index in [1.807, 2.05) is 6.20 Å². The van der Waals surface area contributed by atoms with Crippen molar-refractivity contribution in [2.75, 3.05) is 16.8 Å². The number of anilines is 1. The van der Waals surface area contributed by atoms with Crippen molar-refractivity contribution >= 4 is 17.7 Å². The first kappa shape index (κ1) is 10.9. The number of imidazole rings is 1. The van der Waals surface area contributed by atoms with E-state index < -0.39 is 0 Å². The van der Waals surface area contributed by atoms with Gasteiger partial charge in [-0.2, -0.15) is 11.8 Å². The number of hydrogen-bond donors (Lipinski definition) is 1. The van der Waals surface area contributed by atoms with Gasteiger partial charge >= 0.3 is 0 Å². The first-order chi connectivity index (χ1) is 7.40. The Labute approximate surface area is 95.7 Å². The lowest BCUT2D eigenvalue weighted by Gasteiger charge is -2.23. The summed E-state index contributed by atoms with van der Waals surface area (Å²) in [6.07, 6.45) is 7.64. The standard InChI is InChI=1S/C11H19N3S/c1-2-6-14-7-5-12-11(14)13-10-3-8-15-9-4-10/h5,7,10H,2-4,6,8-9H2,1H3,(H,12,13). The van der Waals surface area contributed by atoms with Gasteiger partial charge in [-0.3, -0.25) is 0 Å². The van der Waals surface area contributed by atoms with Crippen molar-refractivity contribution in [3.63, 3.8) is 0 Å². The van der Waals surface area contributed by atoms with E-state index in [0.717, 1.165) is 18.9 Å². The summed E-state index contributed by atoms with van der Waals surface area (Å²) < 4.78 is 2.21. The van der Waals surface area contributed by atoms with E-state index in [2.05, 4.69) is 39.8 Å². The van der Waals surface area contributed by atoms with Crippen molar-refractivity contribution in [2.45, 2.75) is 38.8 Å². The van der Waals surface area contributed by atoms with Gasteiger partial charge in [0.15, 0.2) is 0 Å². The van der Waals surface area contributed by atoms with Gasteiger partial charge < -0.3 is 9.88 Å². The van der Waals surface area contributed by atoms with Gasteiger partial charge in [0.05, 0.1) is 0 Å². The Hall–Kier alpha value is -0.640. The molecule has 1 saturated heterocycles. The van der Waals surface area contributed by atoms with Crippen LogP contribution in [0.2, 0.25) is 0 Å². The molecule has 1 N–H and O–H groups in total. The van der Waals surface area contributed by atoms with Crippen LogP contribution < -0.4 is 5.32 Å². The molecule has 3 nitrogen and oxygen atoms in total. The predicted octanol–water partition coefficient (Wildman–Crippen LogP) is 2.60. The monoisotopic (exact) mass is 225 g/mol. The summed E-state index contributed by atoms with van der Waals surface area (Å²) in [5, 5.41) is 3.55. The van der Waals surface area contributed by atoms with Gasteiger partial charge in [-0.15, -0.1) is 0 Å². The Morgan fingerprint density at radius 3 is 3.07 bits per heavy atom. The van der Waals surface area contributed by atoms with Gasteiger partial charge in [0, 0.05) is 25.0 Å².